The van der Waals surface area contributed by atoms with Crippen LogP contribution in [0.1, 0.15) is 50.1 Å². The lowest BCUT2D eigenvalue weighted by Gasteiger charge is -2.33. The van der Waals surface area contributed by atoms with Crippen molar-refractivity contribution < 1.29 is 4.79 Å². The second-order valence-corrected chi connectivity index (χ2v) is 6.46. The predicted molar refractivity (Wildman–Crippen MR) is 92.5 cm³/mol. The molecule has 1 saturated heterocycles. The van der Waals surface area contributed by atoms with Crippen LogP contribution in [0.3, 0.4) is 0 Å². The van der Waals surface area contributed by atoms with Crippen LogP contribution in [-0.2, 0) is 13.1 Å². The Bertz CT molecular complexity index is 525. The number of hydrogen-bond donors (Lipinski definition) is 2. The summed E-state index contributed by atoms with van der Waals surface area (Å²) in [6, 6.07) is 0.538. The molecule has 0 bridgehead atoms. The number of hydrogen-bond acceptors (Lipinski definition) is 3. The van der Waals surface area contributed by atoms with Crippen molar-refractivity contribution in [2.75, 3.05) is 19.6 Å². The summed E-state index contributed by atoms with van der Waals surface area (Å²) in [5.41, 5.74) is 3.24. The molecule has 6 nitrogen and oxygen atoms in total. The number of amides is 2. The molecular formula is C17H31N5O. The normalized spacial score (nSPS) is 18.9. The quantitative estimate of drug-likeness (QED) is 0.844. The van der Waals surface area contributed by atoms with Gasteiger partial charge in [0.15, 0.2) is 0 Å². The molecule has 1 aromatic heterocycles. The molecular weight excluding hydrogens is 290 g/mol. The molecule has 2 rings (SSSR count). The van der Waals surface area contributed by atoms with E-state index in [-0.39, 0.29) is 6.03 Å². The van der Waals surface area contributed by atoms with Crippen LogP contribution in [0.2, 0.25) is 0 Å². The Morgan fingerprint density at radius 3 is 2.74 bits per heavy atom. The van der Waals surface area contributed by atoms with Gasteiger partial charge in [-0.3, -0.25) is 9.58 Å². The maximum absolute atomic E-state index is 12.0. The molecule has 0 aromatic carbocycles. The summed E-state index contributed by atoms with van der Waals surface area (Å²) in [6.45, 7) is 12.6. The zero-order valence-electron chi connectivity index (χ0n) is 15.0. The third-order valence-electron chi connectivity index (χ3n) is 4.88. The number of carbonyl (C=O) groups excluding carboxylic acids is 1. The monoisotopic (exact) mass is 321 g/mol. The van der Waals surface area contributed by atoms with Crippen molar-refractivity contribution in [1.82, 2.24) is 25.3 Å². The second-order valence-electron chi connectivity index (χ2n) is 6.46. The Morgan fingerprint density at radius 1 is 1.30 bits per heavy atom. The van der Waals surface area contributed by atoms with E-state index in [1.807, 2.05) is 11.6 Å². The highest BCUT2D eigenvalue weighted by atomic mass is 16.2. The molecule has 0 saturated carbocycles. The third-order valence-corrected chi connectivity index (χ3v) is 4.88. The van der Waals surface area contributed by atoms with Crippen LogP contribution in [-0.4, -0.2) is 46.4 Å². The second kappa shape index (κ2) is 8.34. The lowest BCUT2D eigenvalue weighted by atomic mass is 10.0. The Kier molecular flexibility index (Phi) is 6.45. The number of aromatic nitrogens is 2. The first kappa shape index (κ1) is 17.8. The highest BCUT2D eigenvalue weighted by Gasteiger charge is 2.17. The first-order valence-corrected chi connectivity index (χ1v) is 8.81. The zero-order valence-corrected chi connectivity index (χ0v) is 15.0. The Hall–Kier alpha value is -1.56. The van der Waals surface area contributed by atoms with E-state index in [1.165, 1.54) is 19.3 Å². The minimum atomic E-state index is -0.0993. The molecule has 2 N–H and O–H groups in total. The van der Waals surface area contributed by atoms with E-state index in [0.717, 1.165) is 36.6 Å². The predicted octanol–water partition coefficient (Wildman–Crippen LogP) is 2.19. The Morgan fingerprint density at radius 2 is 2.09 bits per heavy atom. The maximum Gasteiger partial charge on any atom is 0.315 e. The van der Waals surface area contributed by atoms with Gasteiger partial charge < -0.3 is 10.6 Å². The van der Waals surface area contributed by atoms with Gasteiger partial charge in [-0.1, -0.05) is 6.42 Å². The van der Waals surface area contributed by atoms with E-state index in [0.29, 0.717) is 19.1 Å². The summed E-state index contributed by atoms with van der Waals surface area (Å²) < 4.78 is 1.97. The van der Waals surface area contributed by atoms with Gasteiger partial charge >= 0.3 is 6.03 Å². The summed E-state index contributed by atoms with van der Waals surface area (Å²) in [4.78, 5) is 14.4. The molecule has 2 amide bonds. The lowest BCUT2D eigenvalue weighted by Crippen LogP contribution is -2.44. The topological polar surface area (TPSA) is 62.2 Å². The Labute approximate surface area is 139 Å². The summed E-state index contributed by atoms with van der Waals surface area (Å²) in [5, 5.41) is 10.4. The van der Waals surface area contributed by atoms with Crippen molar-refractivity contribution in [2.24, 2.45) is 0 Å². The summed E-state index contributed by atoms with van der Waals surface area (Å²) in [6.07, 6.45) is 3.87. The number of rotatable bonds is 6. The van der Waals surface area contributed by atoms with Gasteiger partial charge in [0.1, 0.15) is 0 Å². The van der Waals surface area contributed by atoms with Crippen molar-refractivity contribution in [3.63, 3.8) is 0 Å². The molecule has 0 unspecified atom stereocenters. The van der Waals surface area contributed by atoms with Gasteiger partial charge in [-0.05, 0) is 47.1 Å². The SMILES string of the molecule is CCn1nc(C)c(CNC(=O)NCCN2CCCC[C@@H]2C)c1C. The van der Waals surface area contributed by atoms with Crippen LogP contribution < -0.4 is 10.6 Å². The van der Waals surface area contributed by atoms with Gasteiger partial charge in [-0.25, -0.2) is 4.79 Å². The number of likely N-dealkylation sites (tertiary alicyclic amines) is 1. The number of urea groups is 1. The highest BCUT2D eigenvalue weighted by Crippen LogP contribution is 2.15. The molecule has 6 heteroatoms. The molecule has 1 atom stereocenters. The molecule has 1 aliphatic rings. The number of nitrogens with one attached hydrogen (secondary N) is 2. The van der Waals surface area contributed by atoms with E-state index in [1.54, 1.807) is 0 Å². The fraction of sp³-hybridized carbons (Fsp3) is 0.765. The van der Waals surface area contributed by atoms with Crippen molar-refractivity contribution >= 4 is 6.03 Å². The number of piperidine rings is 1. The molecule has 1 fully saturated rings. The largest absolute Gasteiger partial charge is 0.337 e. The van der Waals surface area contributed by atoms with Crippen molar-refractivity contribution in [1.29, 1.82) is 0 Å². The first-order valence-electron chi connectivity index (χ1n) is 8.81. The maximum atomic E-state index is 12.0. The van der Waals surface area contributed by atoms with Crippen LogP contribution >= 0.6 is 0 Å². The lowest BCUT2D eigenvalue weighted by molar-refractivity contribution is 0.161. The fourth-order valence-corrected chi connectivity index (χ4v) is 3.33. The summed E-state index contributed by atoms with van der Waals surface area (Å²) >= 11 is 0. The zero-order chi connectivity index (χ0) is 16.8. The molecule has 2 heterocycles. The van der Waals surface area contributed by atoms with Gasteiger partial charge in [0.05, 0.1) is 5.69 Å². The molecule has 23 heavy (non-hydrogen) atoms. The minimum absolute atomic E-state index is 0.0993. The van der Waals surface area contributed by atoms with E-state index in [2.05, 4.69) is 41.4 Å². The number of aryl methyl sites for hydroxylation is 2. The summed E-state index contributed by atoms with van der Waals surface area (Å²) in [7, 11) is 0. The van der Waals surface area contributed by atoms with E-state index in [4.69, 9.17) is 0 Å². The van der Waals surface area contributed by atoms with Gasteiger partial charge in [0.2, 0.25) is 0 Å². The summed E-state index contributed by atoms with van der Waals surface area (Å²) in [5.74, 6) is 0. The van der Waals surface area contributed by atoms with Crippen LogP contribution in [0.15, 0.2) is 0 Å². The third kappa shape index (κ3) is 4.70. The van der Waals surface area contributed by atoms with Crippen LogP contribution in [0.5, 0.6) is 0 Å². The Balaban J connectivity index is 1.72. The number of carbonyl (C=O) groups is 1. The average Bonchev–Trinajstić information content (AvgIpc) is 2.81. The van der Waals surface area contributed by atoms with Crippen LogP contribution in [0.25, 0.3) is 0 Å². The smallest absolute Gasteiger partial charge is 0.315 e. The van der Waals surface area contributed by atoms with Gasteiger partial charge in [-0.15, -0.1) is 0 Å². The molecule has 0 aliphatic carbocycles. The van der Waals surface area contributed by atoms with Crippen molar-refractivity contribution in [3.8, 4) is 0 Å². The van der Waals surface area contributed by atoms with Crippen LogP contribution in [0.4, 0.5) is 4.79 Å². The first-order chi connectivity index (χ1) is 11.0. The van der Waals surface area contributed by atoms with Gasteiger partial charge in [0.25, 0.3) is 0 Å². The molecule has 0 spiro atoms. The van der Waals surface area contributed by atoms with Gasteiger partial charge in [0, 0.05) is 43.5 Å². The number of nitrogens with zero attached hydrogens (tertiary/aromatic N) is 3. The fourth-order valence-electron chi connectivity index (χ4n) is 3.33. The average molecular weight is 321 g/mol. The van der Waals surface area contributed by atoms with Crippen molar-refractivity contribution in [3.05, 3.63) is 17.0 Å². The standard InChI is InChI=1S/C17H31N5O/c1-5-22-15(4)16(14(3)20-22)12-19-17(23)18-9-11-21-10-7-6-8-13(21)2/h13H,5-12H2,1-4H3,(H2,18,19,23)/t13-/m0/s1. The van der Waals surface area contributed by atoms with E-state index >= 15 is 0 Å². The van der Waals surface area contributed by atoms with E-state index in [9.17, 15) is 4.79 Å². The highest BCUT2D eigenvalue weighted by molar-refractivity contribution is 5.73. The minimum Gasteiger partial charge on any atom is -0.337 e. The molecule has 1 aliphatic heterocycles. The van der Waals surface area contributed by atoms with Crippen molar-refractivity contribution in [2.45, 2.75) is 66.1 Å². The van der Waals surface area contributed by atoms with E-state index < -0.39 is 0 Å². The van der Waals surface area contributed by atoms with Gasteiger partial charge in [-0.2, -0.15) is 5.10 Å². The molecule has 130 valence electrons. The molecule has 1 aromatic rings. The molecule has 0 radical (unpaired) electrons. The van der Waals surface area contributed by atoms with Crippen LogP contribution in [0, 0.1) is 13.8 Å².